The Morgan fingerprint density at radius 1 is 0.800 bits per heavy atom. The van der Waals surface area contributed by atoms with E-state index in [1.807, 2.05) is 0 Å². The first-order valence-corrected chi connectivity index (χ1v) is 14.4. The molecular formula is C18H34O15P2. The van der Waals surface area contributed by atoms with Crippen LogP contribution in [0.3, 0.4) is 0 Å². The Morgan fingerprint density at radius 3 is 1.83 bits per heavy atom. The molecule has 0 saturated heterocycles. The van der Waals surface area contributed by atoms with E-state index in [4.69, 9.17) is 18.5 Å². The summed E-state index contributed by atoms with van der Waals surface area (Å²) in [4.78, 5) is 42.9. The molecule has 1 rings (SSSR count). The molecule has 0 bridgehead atoms. The molecule has 35 heavy (non-hydrogen) atoms. The van der Waals surface area contributed by atoms with E-state index in [-0.39, 0.29) is 12.8 Å². The number of carbonyl (C=O) groups is 2. The molecule has 0 amide bonds. The first kappa shape index (κ1) is 32.1. The van der Waals surface area contributed by atoms with Crippen LogP contribution in [0.4, 0.5) is 0 Å². The maximum absolute atomic E-state index is 12.5. The normalized spacial score (nSPS) is 31.1. The molecule has 1 saturated carbocycles. The molecule has 0 radical (unpaired) electrons. The minimum absolute atomic E-state index is 0.0148. The van der Waals surface area contributed by atoms with Crippen molar-refractivity contribution in [2.24, 2.45) is 0 Å². The summed E-state index contributed by atoms with van der Waals surface area (Å²) in [7, 11) is -9.48. The molecule has 15 nitrogen and oxygen atoms in total. The fourth-order valence-electron chi connectivity index (χ4n) is 3.05. The third-order valence-electron chi connectivity index (χ3n) is 4.68. The molecule has 0 heterocycles. The van der Waals surface area contributed by atoms with Crippen molar-refractivity contribution in [2.45, 2.75) is 82.3 Å². The largest absolute Gasteiger partial charge is 0.472 e. The number of phosphoric acid groups is 1. The van der Waals surface area contributed by atoms with E-state index in [9.17, 15) is 48.9 Å². The lowest BCUT2D eigenvalue weighted by atomic mass is 9.85. The van der Waals surface area contributed by atoms with Crippen LogP contribution in [-0.4, -0.2) is 105 Å². The summed E-state index contributed by atoms with van der Waals surface area (Å²) in [5, 5.41) is 40.4. The minimum Gasteiger partial charge on any atom is -0.462 e. The smallest absolute Gasteiger partial charge is 0.462 e. The van der Waals surface area contributed by atoms with Gasteiger partial charge in [0.25, 0.3) is 0 Å². The summed E-state index contributed by atoms with van der Waals surface area (Å²) in [5.41, 5.74) is 0. The first-order valence-electron chi connectivity index (χ1n) is 10.8. The predicted molar refractivity (Wildman–Crippen MR) is 116 cm³/mol. The standard InChI is InChI=1S/C18H34O15P2/c1-4-6-11(19)29-8-10(31-12(20)7-5-2)9-30-35(27,28)33-18-15(23)13(21)14(22)17(16(18)24)32-34(3,25)26/h10,13-18,21-24H,4-9H2,1-3H3,(H,25,26)(H,27,28)/t10-,13+,14+,15-,16-,17-,18+/m1/s1. The zero-order valence-corrected chi connectivity index (χ0v) is 21.3. The van der Waals surface area contributed by atoms with Crippen molar-refractivity contribution in [1.82, 2.24) is 0 Å². The number of carbonyl (C=O) groups excluding carboxylic acids is 2. The van der Waals surface area contributed by atoms with Gasteiger partial charge in [-0.3, -0.25) is 27.7 Å². The Kier molecular flexibility index (Phi) is 12.9. The fraction of sp³-hybridized carbons (Fsp3) is 0.889. The second-order valence-corrected chi connectivity index (χ2v) is 11.2. The van der Waals surface area contributed by atoms with E-state index in [0.717, 1.165) is 6.66 Å². The molecule has 0 aromatic rings. The summed E-state index contributed by atoms with van der Waals surface area (Å²) >= 11 is 0. The summed E-state index contributed by atoms with van der Waals surface area (Å²) in [6.07, 6.45) is -12.8. The number of ether oxygens (including phenoxy) is 2. The van der Waals surface area contributed by atoms with Crippen molar-refractivity contribution in [1.29, 1.82) is 0 Å². The average Bonchev–Trinajstić information content (AvgIpc) is 2.74. The SMILES string of the molecule is CCCC(=O)OC[C@H](COP(=O)(O)O[C@@H]1[C@H](O)[C@H](OP(C)(=O)O)[C@@H](O)[C@H](O)[C@H]1O)OC(=O)CCC. The molecule has 1 fully saturated rings. The third kappa shape index (κ3) is 10.9. The summed E-state index contributed by atoms with van der Waals surface area (Å²) in [6, 6.07) is 0. The van der Waals surface area contributed by atoms with Crippen LogP contribution in [0.2, 0.25) is 0 Å². The number of rotatable bonds is 14. The molecule has 1 aliphatic rings. The highest BCUT2D eigenvalue weighted by atomic mass is 31.2. The Labute approximate surface area is 202 Å². The topological polar surface area (TPSA) is 236 Å². The van der Waals surface area contributed by atoms with Crippen molar-refractivity contribution in [2.75, 3.05) is 19.9 Å². The zero-order chi connectivity index (χ0) is 27.0. The van der Waals surface area contributed by atoms with E-state index >= 15 is 0 Å². The highest BCUT2D eigenvalue weighted by molar-refractivity contribution is 7.51. The molecule has 1 aliphatic carbocycles. The minimum atomic E-state index is -5.16. The second kappa shape index (κ2) is 14.1. The lowest BCUT2D eigenvalue weighted by Gasteiger charge is -2.43. The highest BCUT2D eigenvalue weighted by Gasteiger charge is 2.53. The number of aliphatic hydroxyl groups is 4. The monoisotopic (exact) mass is 552 g/mol. The molecular weight excluding hydrogens is 518 g/mol. The quantitative estimate of drug-likeness (QED) is 0.114. The van der Waals surface area contributed by atoms with Gasteiger partial charge in [0.1, 0.15) is 43.2 Å². The van der Waals surface area contributed by atoms with Crippen molar-refractivity contribution in [3.05, 3.63) is 0 Å². The van der Waals surface area contributed by atoms with Crippen molar-refractivity contribution >= 4 is 27.4 Å². The number of aliphatic hydroxyl groups excluding tert-OH is 4. The number of hydrogen-bond donors (Lipinski definition) is 6. The van der Waals surface area contributed by atoms with Crippen LogP contribution in [0.15, 0.2) is 0 Å². The highest BCUT2D eigenvalue weighted by Crippen LogP contribution is 2.49. The van der Waals surface area contributed by atoms with Crippen LogP contribution in [-0.2, 0) is 41.8 Å². The Hall–Kier alpha value is -0.960. The Bertz CT molecular complexity index is 786. The van der Waals surface area contributed by atoms with E-state index in [1.54, 1.807) is 13.8 Å². The van der Waals surface area contributed by atoms with Gasteiger partial charge in [-0.05, 0) is 12.8 Å². The number of hydrogen-bond acceptors (Lipinski definition) is 13. The molecule has 0 aromatic carbocycles. The average molecular weight is 552 g/mol. The van der Waals surface area contributed by atoms with Gasteiger partial charge in [-0.2, -0.15) is 0 Å². The molecule has 0 spiro atoms. The van der Waals surface area contributed by atoms with Crippen LogP contribution >= 0.6 is 15.4 Å². The Balaban J connectivity index is 2.90. The molecule has 17 heteroatoms. The van der Waals surface area contributed by atoms with Gasteiger partial charge in [-0.1, -0.05) is 13.8 Å². The van der Waals surface area contributed by atoms with Gasteiger partial charge in [0, 0.05) is 19.5 Å². The van der Waals surface area contributed by atoms with Gasteiger partial charge < -0.3 is 39.7 Å². The summed E-state index contributed by atoms with van der Waals surface area (Å²) < 4.78 is 48.2. The molecule has 0 aliphatic heterocycles. The van der Waals surface area contributed by atoms with Crippen LogP contribution in [0, 0.1) is 0 Å². The molecule has 9 atom stereocenters. The molecule has 2 unspecified atom stereocenters. The molecule has 0 aromatic heterocycles. The number of esters is 2. The summed E-state index contributed by atoms with van der Waals surface area (Å²) in [6.45, 7) is 2.88. The van der Waals surface area contributed by atoms with E-state index in [2.05, 4.69) is 4.52 Å². The number of phosphoric ester groups is 1. The van der Waals surface area contributed by atoms with Crippen molar-refractivity contribution < 1.29 is 72.0 Å². The fourth-order valence-corrected chi connectivity index (χ4v) is 4.72. The lowest BCUT2D eigenvalue weighted by Crippen LogP contribution is -2.64. The molecule has 206 valence electrons. The van der Waals surface area contributed by atoms with Crippen molar-refractivity contribution in [3.8, 4) is 0 Å². The predicted octanol–water partition coefficient (Wildman–Crippen LogP) is -0.799. The summed E-state index contributed by atoms with van der Waals surface area (Å²) in [5.74, 6) is -1.29. The van der Waals surface area contributed by atoms with Gasteiger partial charge in [0.15, 0.2) is 6.10 Å². The van der Waals surface area contributed by atoms with E-state index in [0.29, 0.717) is 12.8 Å². The first-order chi connectivity index (χ1) is 16.1. The lowest BCUT2D eigenvalue weighted by molar-refractivity contribution is -0.215. The molecule has 6 N–H and O–H groups in total. The third-order valence-corrected chi connectivity index (χ3v) is 6.30. The van der Waals surface area contributed by atoms with E-state index < -0.39 is 83.3 Å². The van der Waals surface area contributed by atoms with Crippen LogP contribution < -0.4 is 0 Å². The van der Waals surface area contributed by atoms with Gasteiger partial charge >= 0.3 is 27.4 Å². The van der Waals surface area contributed by atoms with Crippen molar-refractivity contribution in [3.63, 3.8) is 0 Å². The maximum atomic E-state index is 12.5. The van der Waals surface area contributed by atoms with Gasteiger partial charge in [0.2, 0.25) is 0 Å². The van der Waals surface area contributed by atoms with Crippen LogP contribution in [0.1, 0.15) is 39.5 Å². The maximum Gasteiger partial charge on any atom is 0.472 e. The second-order valence-electron chi connectivity index (χ2n) is 7.96. The Morgan fingerprint density at radius 2 is 1.31 bits per heavy atom. The van der Waals surface area contributed by atoms with Gasteiger partial charge in [-0.25, -0.2) is 4.57 Å². The van der Waals surface area contributed by atoms with Gasteiger partial charge in [-0.15, -0.1) is 0 Å². The van der Waals surface area contributed by atoms with Crippen LogP contribution in [0.5, 0.6) is 0 Å². The zero-order valence-electron chi connectivity index (χ0n) is 19.5. The van der Waals surface area contributed by atoms with Gasteiger partial charge in [0.05, 0.1) is 6.61 Å². The van der Waals surface area contributed by atoms with Crippen LogP contribution in [0.25, 0.3) is 0 Å². The van der Waals surface area contributed by atoms with E-state index in [1.165, 1.54) is 0 Å².